The van der Waals surface area contributed by atoms with Gasteiger partial charge in [0.2, 0.25) is 0 Å². The molecule has 1 fully saturated rings. The number of anilines is 2. The predicted molar refractivity (Wildman–Crippen MR) is 96.9 cm³/mol. The van der Waals surface area contributed by atoms with Crippen LogP contribution in [0.25, 0.3) is 0 Å². The second kappa shape index (κ2) is 6.97. The highest BCUT2D eigenvalue weighted by atomic mass is 35.5. The highest BCUT2D eigenvalue weighted by Crippen LogP contribution is 2.20. The Balaban J connectivity index is 1.64. The molecule has 1 saturated heterocycles. The van der Waals surface area contributed by atoms with Crippen LogP contribution in [-0.4, -0.2) is 41.8 Å². The number of nitrogens with zero attached hydrogens (tertiary/aromatic N) is 2. The van der Waals surface area contributed by atoms with Gasteiger partial charge < -0.3 is 10.6 Å². The molecule has 2 aromatic rings. The summed E-state index contributed by atoms with van der Waals surface area (Å²) in [7, 11) is -2.96. The first kappa shape index (κ1) is 17.6. The normalized spacial score (nSPS) is 18.7. The van der Waals surface area contributed by atoms with E-state index in [4.69, 9.17) is 11.6 Å². The lowest BCUT2D eigenvalue weighted by Crippen LogP contribution is -2.22. The van der Waals surface area contributed by atoms with E-state index in [9.17, 15) is 13.2 Å². The van der Waals surface area contributed by atoms with Crippen molar-refractivity contribution in [2.24, 2.45) is 0 Å². The van der Waals surface area contributed by atoms with Gasteiger partial charge in [-0.25, -0.2) is 18.4 Å². The lowest BCUT2D eigenvalue weighted by atomic mass is 10.2. The van der Waals surface area contributed by atoms with Gasteiger partial charge in [0.15, 0.2) is 9.84 Å². The summed E-state index contributed by atoms with van der Waals surface area (Å²) < 4.78 is 22.9. The second-order valence-corrected chi connectivity index (χ2v) is 8.61. The van der Waals surface area contributed by atoms with Crippen LogP contribution in [0.2, 0.25) is 5.02 Å². The van der Waals surface area contributed by atoms with Crippen molar-refractivity contribution in [2.45, 2.75) is 19.4 Å². The largest absolute Gasteiger partial charge is 0.365 e. The lowest BCUT2D eigenvalue weighted by Gasteiger charge is -2.11. The highest BCUT2D eigenvalue weighted by molar-refractivity contribution is 7.91. The van der Waals surface area contributed by atoms with Crippen molar-refractivity contribution in [3.63, 3.8) is 0 Å². The Kier molecular flexibility index (Phi) is 4.91. The SMILES string of the molecule is Cc1cc(Cl)ccc1NC(=O)c1cnc(NC2CCS(=O)(=O)C2)cn1. The molecule has 2 heterocycles. The van der Waals surface area contributed by atoms with Gasteiger partial charge in [-0.2, -0.15) is 0 Å². The van der Waals surface area contributed by atoms with Crippen LogP contribution < -0.4 is 10.6 Å². The number of hydrogen-bond acceptors (Lipinski definition) is 6. The topological polar surface area (TPSA) is 101 Å². The van der Waals surface area contributed by atoms with E-state index in [1.54, 1.807) is 18.2 Å². The predicted octanol–water partition coefficient (Wildman–Crippen LogP) is 2.29. The molecule has 1 atom stereocenters. The number of carbonyl (C=O) groups excluding carboxylic acids is 1. The Bertz CT molecular complexity index is 900. The van der Waals surface area contributed by atoms with E-state index < -0.39 is 9.84 Å². The third-order valence-corrected chi connectivity index (χ3v) is 5.91. The number of benzene rings is 1. The lowest BCUT2D eigenvalue weighted by molar-refractivity contribution is 0.102. The summed E-state index contributed by atoms with van der Waals surface area (Å²) in [5.74, 6) is 0.334. The van der Waals surface area contributed by atoms with Crippen molar-refractivity contribution in [1.82, 2.24) is 9.97 Å². The number of carbonyl (C=O) groups is 1. The van der Waals surface area contributed by atoms with Gasteiger partial charge in [0.25, 0.3) is 5.91 Å². The van der Waals surface area contributed by atoms with Crippen LogP contribution in [0.3, 0.4) is 0 Å². The third-order valence-electron chi connectivity index (χ3n) is 3.91. The molecule has 9 heteroatoms. The molecule has 0 aliphatic carbocycles. The van der Waals surface area contributed by atoms with Gasteiger partial charge in [0.05, 0.1) is 23.9 Å². The van der Waals surface area contributed by atoms with Crippen LogP contribution in [0.5, 0.6) is 0 Å². The molecule has 0 spiro atoms. The van der Waals surface area contributed by atoms with E-state index in [0.29, 0.717) is 22.9 Å². The summed E-state index contributed by atoms with van der Waals surface area (Å²) in [6.07, 6.45) is 3.32. The van der Waals surface area contributed by atoms with Gasteiger partial charge in [0.1, 0.15) is 11.5 Å². The molecular weight excluding hydrogens is 364 g/mol. The number of aryl methyl sites for hydroxylation is 1. The molecule has 0 bridgehead atoms. The van der Waals surface area contributed by atoms with E-state index in [0.717, 1.165) is 5.56 Å². The van der Waals surface area contributed by atoms with Crippen LogP contribution in [0.4, 0.5) is 11.5 Å². The van der Waals surface area contributed by atoms with Crippen molar-refractivity contribution < 1.29 is 13.2 Å². The van der Waals surface area contributed by atoms with Gasteiger partial charge in [-0.05, 0) is 37.1 Å². The highest BCUT2D eigenvalue weighted by Gasteiger charge is 2.28. The van der Waals surface area contributed by atoms with E-state index in [1.807, 2.05) is 6.92 Å². The van der Waals surface area contributed by atoms with Crippen molar-refractivity contribution in [3.05, 3.63) is 46.9 Å². The molecule has 1 aromatic carbocycles. The first-order valence-corrected chi connectivity index (χ1v) is 9.89. The molecule has 0 radical (unpaired) electrons. The number of amides is 1. The molecule has 1 aromatic heterocycles. The number of hydrogen-bond donors (Lipinski definition) is 2. The number of halogens is 1. The molecule has 1 amide bonds. The molecule has 7 nitrogen and oxygen atoms in total. The fraction of sp³-hybridized carbons (Fsp3) is 0.312. The average Bonchev–Trinajstić information content (AvgIpc) is 2.89. The summed E-state index contributed by atoms with van der Waals surface area (Å²) in [5, 5.41) is 6.38. The summed E-state index contributed by atoms with van der Waals surface area (Å²) >= 11 is 5.90. The molecule has 25 heavy (non-hydrogen) atoms. The fourth-order valence-corrected chi connectivity index (χ4v) is 4.49. The minimum Gasteiger partial charge on any atom is -0.365 e. The van der Waals surface area contributed by atoms with Crippen molar-refractivity contribution >= 4 is 38.9 Å². The molecule has 1 unspecified atom stereocenters. The zero-order valence-corrected chi connectivity index (χ0v) is 15.1. The van der Waals surface area contributed by atoms with Crippen LogP contribution in [0.1, 0.15) is 22.5 Å². The minimum absolute atomic E-state index is 0.0900. The maximum absolute atomic E-state index is 12.2. The van der Waals surface area contributed by atoms with E-state index in [-0.39, 0.29) is 29.1 Å². The van der Waals surface area contributed by atoms with Crippen LogP contribution >= 0.6 is 11.6 Å². The average molecular weight is 381 g/mol. The molecule has 1 aliphatic rings. The number of aromatic nitrogens is 2. The molecule has 2 N–H and O–H groups in total. The van der Waals surface area contributed by atoms with Crippen molar-refractivity contribution in [3.8, 4) is 0 Å². The van der Waals surface area contributed by atoms with Gasteiger partial charge in [-0.15, -0.1) is 0 Å². The quantitative estimate of drug-likeness (QED) is 0.843. The smallest absolute Gasteiger partial charge is 0.275 e. The molecule has 132 valence electrons. The molecular formula is C16H17ClN4O3S. The third kappa shape index (κ3) is 4.46. The first-order valence-electron chi connectivity index (χ1n) is 7.69. The second-order valence-electron chi connectivity index (χ2n) is 5.94. The number of sulfone groups is 1. The van der Waals surface area contributed by atoms with Gasteiger partial charge >= 0.3 is 0 Å². The standard InChI is InChI=1S/C16H17ClN4O3S/c1-10-6-11(17)2-3-13(10)21-16(22)14-7-19-15(8-18-14)20-12-4-5-25(23,24)9-12/h2-3,6-8,12H,4-5,9H2,1H3,(H,19,20)(H,21,22). The van der Waals surface area contributed by atoms with Gasteiger partial charge in [-0.1, -0.05) is 11.6 Å². The zero-order valence-electron chi connectivity index (χ0n) is 13.5. The summed E-state index contributed by atoms with van der Waals surface area (Å²) in [6, 6.07) is 5.00. The number of nitrogens with one attached hydrogen (secondary N) is 2. The van der Waals surface area contributed by atoms with E-state index in [2.05, 4.69) is 20.6 Å². The van der Waals surface area contributed by atoms with Gasteiger partial charge in [0, 0.05) is 16.8 Å². The first-order chi connectivity index (χ1) is 11.8. The fourth-order valence-electron chi connectivity index (χ4n) is 2.59. The Morgan fingerprint density at radius 1 is 1.28 bits per heavy atom. The zero-order chi connectivity index (χ0) is 18.0. The van der Waals surface area contributed by atoms with Crippen LogP contribution in [0, 0.1) is 6.92 Å². The Hall–Kier alpha value is -2.19. The van der Waals surface area contributed by atoms with E-state index in [1.165, 1.54) is 12.4 Å². The molecule has 1 aliphatic heterocycles. The van der Waals surface area contributed by atoms with Crippen molar-refractivity contribution in [1.29, 1.82) is 0 Å². The monoisotopic (exact) mass is 380 g/mol. The van der Waals surface area contributed by atoms with E-state index >= 15 is 0 Å². The van der Waals surface area contributed by atoms with Crippen molar-refractivity contribution in [2.75, 3.05) is 22.1 Å². The number of rotatable bonds is 4. The minimum atomic E-state index is -2.96. The maximum Gasteiger partial charge on any atom is 0.275 e. The summed E-state index contributed by atoms with van der Waals surface area (Å²) in [5.41, 5.74) is 1.66. The Labute approximate surface area is 150 Å². The van der Waals surface area contributed by atoms with Crippen LogP contribution in [0.15, 0.2) is 30.6 Å². The Morgan fingerprint density at radius 3 is 2.68 bits per heavy atom. The summed E-state index contributed by atoms with van der Waals surface area (Å²) in [6.45, 7) is 1.84. The maximum atomic E-state index is 12.2. The molecule has 3 rings (SSSR count). The van der Waals surface area contributed by atoms with Gasteiger partial charge in [-0.3, -0.25) is 4.79 Å². The Morgan fingerprint density at radius 2 is 2.08 bits per heavy atom. The summed E-state index contributed by atoms with van der Waals surface area (Å²) in [4.78, 5) is 20.5. The van der Waals surface area contributed by atoms with Crippen LogP contribution in [-0.2, 0) is 9.84 Å². The molecule has 0 saturated carbocycles.